The van der Waals surface area contributed by atoms with E-state index >= 15 is 0 Å². The van der Waals surface area contributed by atoms with Gasteiger partial charge in [-0.3, -0.25) is 4.79 Å². The molecule has 0 radical (unpaired) electrons. The number of carbonyl (C=O) groups excluding carboxylic acids is 1. The lowest BCUT2D eigenvalue weighted by Crippen LogP contribution is -2.13. The van der Waals surface area contributed by atoms with Gasteiger partial charge in [-0.05, 0) is 32.1 Å². The molecule has 1 N–H and O–H groups in total. The molecule has 0 atom stereocenters. The van der Waals surface area contributed by atoms with Gasteiger partial charge in [-0.25, -0.2) is 0 Å². The van der Waals surface area contributed by atoms with E-state index in [1.54, 1.807) is 11.6 Å². The number of carbonyl (C=O) groups is 1. The van der Waals surface area contributed by atoms with E-state index in [0.717, 1.165) is 25.1 Å². The Hall–Kier alpha value is -1.05. The molecule has 0 saturated heterocycles. The van der Waals surface area contributed by atoms with Crippen LogP contribution in [0.4, 0.5) is 0 Å². The first-order chi connectivity index (χ1) is 6.84. The lowest BCUT2D eigenvalue weighted by atomic mass is 10.1. The van der Waals surface area contributed by atoms with Gasteiger partial charge in [0, 0.05) is 24.7 Å². The van der Waals surface area contributed by atoms with Gasteiger partial charge in [0.1, 0.15) is 0 Å². The van der Waals surface area contributed by atoms with Gasteiger partial charge in [0.15, 0.2) is 5.78 Å². The summed E-state index contributed by atoms with van der Waals surface area (Å²) < 4.78 is 0. The monoisotopic (exact) mass is 191 g/mol. The van der Waals surface area contributed by atoms with E-state index in [0.29, 0.717) is 6.42 Å². The van der Waals surface area contributed by atoms with Crippen LogP contribution in [0.5, 0.6) is 0 Å². The van der Waals surface area contributed by atoms with Crippen molar-refractivity contribution in [3.05, 3.63) is 23.4 Å². The highest BCUT2D eigenvalue weighted by Gasteiger charge is 2.11. The van der Waals surface area contributed by atoms with Crippen LogP contribution in [0.25, 0.3) is 0 Å². The van der Waals surface area contributed by atoms with E-state index in [4.69, 9.17) is 0 Å². The first kappa shape index (κ1) is 9.50. The minimum Gasteiger partial charge on any atom is -0.388 e. The normalized spacial score (nSPS) is 21.0. The Labute approximate surface area is 85.1 Å². The number of allylic oxidation sites excluding steroid dienone is 3. The van der Waals surface area contributed by atoms with Crippen LogP contribution in [0.15, 0.2) is 23.4 Å². The topological polar surface area (TPSA) is 29.1 Å². The highest BCUT2D eigenvalue weighted by atomic mass is 16.1. The predicted molar refractivity (Wildman–Crippen MR) is 56.9 cm³/mol. The molecule has 0 unspecified atom stereocenters. The van der Waals surface area contributed by atoms with Gasteiger partial charge >= 0.3 is 0 Å². The SMILES string of the molecule is O=C1C=C(NCCC2=CCCC2)CC1. The number of rotatable bonds is 4. The van der Waals surface area contributed by atoms with Crippen LogP contribution in [0.2, 0.25) is 0 Å². The molecule has 2 nitrogen and oxygen atoms in total. The van der Waals surface area contributed by atoms with Crippen molar-refractivity contribution in [2.45, 2.75) is 38.5 Å². The van der Waals surface area contributed by atoms with Gasteiger partial charge in [-0.2, -0.15) is 0 Å². The van der Waals surface area contributed by atoms with E-state index in [9.17, 15) is 4.79 Å². The second kappa shape index (κ2) is 4.45. The largest absolute Gasteiger partial charge is 0.388 e. The number of nitrogens with one attached hydrogen (secondary N) is 1. The second-order valence-electron chi connectivity index (χ2n) is 4.07. The molecule has 0 aromatic carbocycles. The fourth-order valence-corrected chi connectivity index (χ4v) is 2.08. The summed E-state index contributed by atoms with van der Waals surface area (Å²) in [5, 5.41) is 3.34. The average molecular weight is 191 g/mol. The molecule has 0 bridgehead atoms. The molecule has 0 amide bonds. The number of hydrogen-bond donors (Lipinski definition) is 1. The minimum absolute atomic E-state index is 0.271. The van der Waals surface area contributed by atoms with Gasteiger partial charge in [-0.15, -0.1) is 0 Å². The molecule has 2 aliphatic rings. The number of hydrogen-bond acceptors (Lipinski definition) is 2. The van der Waals surface area contributed by atoms with Crippen molar-refractivity contribution < 1.29 is 4.79 Å². The molecule has 2 rings (SSSR count). The summed E-state index contributed by atoms with van der Waals surface area (Å²) in [5.41, 5.74) is 2.72. The second-order valence-corrected chi connectivity index (χ2v) is 4.07. The van der Waals surface area contributed by atoms with Crippen LogP contribution in [-0.4, -0.2) is 12.3 Å². The van der Waals surface area contributed by atoms with Crippen molar-refractivity contribution in [1.29, 1.82) is 0 Å². The molecular formula is C12H17NO. The highest BCUT2D eigenvalue weighted by molar-refractivity contribution is 5.92. The quantitative estimate of drug-likeness (QED) is 0.691. The standard InChI is InChI=1S/C12H17NO/c14-12-6-5-11(9-12)13-8-7-10-3-1-2-4-10/h3,9,13H,1-2,4-8H2. The van der Waals surface area contributed by atoms with Crippen LogP contribution in [0.3, 0.4) is 0 Å². The summed E-state index contributed by atoms with van der Waals surface area (Å²) in [6, 6.07) is 0. The summed E-state index contributed by atoms with van der Waals surface area (Å²) in [4.78, 5) is 10.9. The zero-order chi connectivity index (χ0) is 9.80. The zero-order valence-electron chi connectivity index (χ0n) is 8.51. The molecule has 0 aromatic rings. The molecule has 0 spiro atoms. The fraction of sp³-hybridized carbons (Fsp3) is 0.583. The Morgan fingerprint density at radius 2 is 2.21 bits per heavy atom. The Balaban J connectivity index is 1.67. The fourth-order valence-electron chi connectivity index (χ4n) is 2.08. The van der Waals surface area contributed by atoms with Crippen LogP contribution in [0.1, 0.15) is 38.5 Å². The molecule has 0 saturated carbocycles. The maximum atomic E-state index is 10.9. The summed E-state index contributed by atoms with van der Waals surface area (Å²) in [7, 11) is 0. The lowest BCUT2D eigenvalue weighted by Gasteiger charge is -2.06. The molecule has 76 valence electrons. The van der Waals surface area contributed by atoms with Crippen molar-refractivity contribution in [2.75, 3.05) is 6.54 Å². The molecular weight excluding hydrogens is 174 g/mol. The van der Waals surface area contributed by atoms with Crippen molar-refractivity contribution in [1.82, 2.24) is 5.32 Å². The third-order valence-corrected chi connectivity index (χ3v) is 2.91. The summed E-state index contributed by atoms with van der Waals surface area (Å²) in [5.74, 6) is 0.271. The average Bonchev–Trinajstić information content (AvgIpc) is 2.77. The van der Waals surface area contributed by atoms with E-state index in [1.807, 2.05) is 0 Å². The van der Waals surface area contributed by atoms with E-state index < -0.39 is 0 Å². The molecule has 0 aliphatic heterocycles. The summed E-state index contributed by atoms with van der Waals surface area (Å²) >= 11 is 0. The Morgan fingerprint density at radius 3 is 2.86 bits per heavy atom. The molecule has 0 fully saturated rings. The summed E-state index contributed by atoms with van der Waals surface area (Å²) in [6.07, 6.45) is 10.7. The smallest absolute Gasteiger partial charge is 0.157 e. The predicted octanol–water partition coefficient (Wildman–Crippen LogP) is 2.32. The molecule has 14 heavy (non-hydrogen) atoms. The molecule has 0 aromatic heterocycles. The maximum absolute atomic E-state index is 10.9. The molecule has 2 aliphatic carbocycles. The lowest BCUT2D eigenvalue weighted by molar-refractivity contribution is -0.114. The third-order valence-electron chi connectivity index (χ3n) is 2.91. The van der Waals surface area contributed by atoms with Gasteiger partial charge in [0.2, 0.25) is 0 Å². The van der Waals surface area contributed by atoms with Crippen molar-refractivity contribution >= 4 is 5.78 Å². The van der Waals surface area contributed by atoms with Crippen molar-refractivity contribution in [3.63, 3.8) is 0 Å². The highest BCUT2D eigenvalue weighted by Crippen LogP contribution is 2.20. The first-order valence-corrected chi connectivity index (χ1v) is 5.50. The van der Waals surface area contributed by atoms with Crippen molar-refractivity contribution in [2.24, 2.45) is 0 Å². The zero-order valence-corrected chi connectivity index (χ0v) is 8.51. The van der Waals surface area contributed by atoms with E-state index in [2.05, 4.69) is 11.4 Å². The number of ketones is 1. The Bertz CT molecular complexity index is 289. The van der Waals surface area contributed by atoms with Crippen LogP contribution >= 0.6 is 0 Å². The minimum atomic E-state index is 0.271. The van der Waals surface area contributed by atoms with E-state index in [-0.39, 0.29) is 5.78 Å². The Morgan fingerprint density at radius 1 is 1.29 bits per heavy atom. The van der Waals surface area contributed by atoms with Crippen LogP contribution in [-0.2, 0) is 4.79 Å². The van der Waals surface area contributed by atoms with E-state index in [1.165, 1.54) is 19.3 Å². The Kier molecular flexibility index (Phi) is 3.02. The van der Waals surface area contributed by atoms with Crippen molar-refractivity contribution in [3.8, 4) is 0 Å². The van der Waals surface area contributed by atoms with Gasteiger partial charge in [0.05, 0.1) is 0 Å². The maximum Gasteiger partial charge on any atom is 0.157 e. The van der Waals surface area contributed by atoms with Gasteiger partial charge in [0.25, 0.3) is 0 Å². The third kappa shape index (κ3) is 2.47. The molecule has 0 heterocycles. The van der Waals surface area contributed by atoms with Crippen LogP contribution in [0, 0.1) is 0 Å². The van der Waals surface area contributed by atoms with Gasteiger partial charge in [-0.1, -0.05) is 11.6 Å². The van der Waals surface area contributed by atoms with Gasteiger partial charge < -0.3 is 5.32 Å². The summed E-state index contributed by atoms with van der Waals surface area (Å²) in [6.45, 7) is 0.991. The first-order valence-electron chi connectivity index (χ1n) is 5.50. The molecule has 2 heteroatoms. The van der Waals surface area contributed by atoms with Crippen LogP contribution < -0.4 is 5.32 Å².